The van der Waals surface area contributed by atoms with Gasteiger partial charge in [-0.15, -0.1) is 12.4 Å². The van der Waals surface area contributed by atoms with Crippen molar-refractivity contribution in [2.45, 2.75) is 42.7 Å². The van der Waals surface area contributed by atoms with Crippen molar-refractivity contribution in [2.24, 2.45) is 12.8 Å². The molecule has 2 unspecified atom stereocenters. The summed E-state index contributed by atoms with van der Waals surface area (Å²) in [7, 11) is -1.66. The molecule has 0 spiro atoms. The third-order valence-corrected chi connectivity index (χ3v) is 8.05. The predicted octanol–water partition coefficient (Wildman–Crippen LogP) is 4.34. The number of sulfone groups is 1. The summed E-state index contributed by atoms with van der Waals surface area (Å²) < 4.78 is 32.3. The Morgan fingerprint density at radius 3 is 2.76 bits per heavy atom. The highest BCUT2D eigenvalue weighted by molar-refractivity contribution is 7.91. The fraction of sp³-hybridized carbons (Fsp3) is 0.375. The normalized spacial score (nSPS) is 17.8. The highest BCUT2D eigenvalue weighted by Gasteiger charge is 2.28. The Labute approximate surface area is 206 Å². The van der Waals surface area contributed by atoms with E-state index in [0.29, 0.717) is 13.0 Å². The van der Waals surface area contributed by atoms with Crippen molar-refractivity contribution in [2.75, 3.05) is 12.4 Å². The van der Waals surface area contributed by atoms with Gasteiger partial charge in [0.15, 0.2) is 14.9 Å². The minimum Gasteiger partial charge on any atom is -0.494 e. The molecule has 0 aliphatic heterocycles. The average Bonchev–Trinajstić information content (AvgIpc) is 3.22. The lowest BCUT2D eigenvalue weighted by atomic mass is 9.76. The van der Waals surface area contributed by atoms with E-state index in [9.17, 15) is 8.42 Å². The number of aromatic nitrogens is 2. The molecule has 0 saturated heterocycles. The monoisotopic (exact) mass is 509 g/mol. The lowest BCUT2D eigenvalue weighted by Gasteiger charge is -2.32. The Morgan fingerprint density at radius 1 is 1.24 bits per heavy atom. The zero-order valence-corrected chi connectivity index (χ0v) is 20.9. The van der Waals surface area contributed by atoms with E-state index >= 15 is 0 Å². The van der Waals surface area contributed by atoms with Crippen LogP contribution in [0.15, 0.2) is 60.0 Å². The molecule has 2 N–H and O–H groups in total. The molecule has 6 nitrogen and oxygen atoms in total. The molecule has 2 atom stereocenters. The molecule has 0 saturated carbocycles. The number of benzene rings is 2. The third kappa shape index (κ3) is 6.09. The highest BCUT2D eigenvalue weighted by Crippen LogP contribution is 2.37. The van der Waals surface area contributed by atoms with Gasteiger partial charge in [0.05, 0.1) is 18.7 Å². The number of nitrogens with two attached hydrogens (primary N) is 1. The second-order valence-electron chi connectivity index (χ2n) is 8.36. The summed E-state index contributed by atoms with van der Waals surface area (Å²) >= 11 is 6.40. The van der Waals surface area contributed by atoms with E-state index in [1.165, 1.54) is 23.7 Å². The summed E-state index contributed by atoms with van der Waals surface area (Å²) in [5.41, 5.74) is 10.1. The maximum atomic E-state index is 12.4. The van der Waals surface area contributed by atoms with E-state index in [1.54, 1.807) is 11.6 Å². The van der Waals surface area contributed by atoms with E-state index in [2.05, 4.69) is 17.1 Å². The molecule has 3 aromatic rings. The molecule has 1 heterocycles. The zero-order chi connectivity index (χ0) is 22.7. The smallest absolute Gasteiger partial charge is 0.197 e. The standard InChI is InChI=1S/C24H28ClN3O3S.ClH/c1-28-15-24(27-16-28)32(29,30)12-4-11-31-19-9-7-17-8-10-23(26)21(20(17)14-19)13-18-5-2-3-6-22(18)25;/h2-3,5-7,9,14-16,21,23H,4,8,10-13,26H2,1H3;1H. The first-order chi connectivity index (χ1) is 15.3. The van der Waals surface area contributed by atoms with E-state index < -0.39 is 9.84 Å². The first-order valence-electron chi connectivity index (χ1n) is 10.8. The van der Waals surface area contributed by atoms with Crippen LogP contribution < -0.4 is 10.5 Å². The SMILES string of the molecule is Cl.Cn1cnc(S(=O)(=O)CCCOc2ccc3c(c2)C(Cc2ccccc2Cl)C(N)CC3)c1. The average molecular weight is 510 g/mol. The molecule has 178 valence electrons. The minimum atomic E-state index is -3.40. The molecule has 0 amide bonds. The fourth-order valence-corrected chi connectivity index (χ4v) is 5.70. The van der Waals surface area contributed by atoms with Gasteiger partial charge in [-0.3, -0.25) is 0 Å². The fourth-order valence-electron chi connectivity index (χ4n) is 4.24. The lowest BCUT2D eigenvalue weighted by molar-refractivity contribution is 0.316. The molecule has 9 heteroatoms. The Balaban J connectivity index is 0.00000306. The molecule has 0 bridgehead atoms. The van der Waals surface area contributed by atoms with E-state index in [4.69, 9.17) is 22.1 Å². The van der Waals surface area contributed by atoms with Crippen molar-refractivity contribution in [1.29, 1.82) is 0 Å². The highest BCUT2D eigenvalue weighted by atomic mass is 35.5. The van der Waals surface area contributed by atoms with Gasteiger partial charge in [-0.25, -0.2) is 13.4 Å². The van der Waals surface area contributed by atoms with Crippen LogP contribution in [-0.4, -0.2) is 36.4 Å². The Morgan fingerprint density at radius 2 is 2.03 bits per heavy atom. The number of hydrogen-bond acceptors (Lipinski definition) is 5. The quantitative estimate of drug-likeness (QED) is 0.456. The topological polar surface area (TPSA) is 87.2 Å². The number of hydrogen-bond donors (Lipinski definition) is 1. The van der Waals surface area contributed by atoms with Gasteiger partial charge in [0, 0.05) is 30.2 Å². The summed E-state index contributed by atoms with van der Waals surface area (Å²) in [6.45, 7) is 0.312. The lowest BCUT2D eigenvalue weighted by Crippen LogP contribution is -2.34. The largest absolute Gasteiger partial charge is 0.494 e. The third-order valence-electron chi connectivity index (χ3n) is 6.00. The van der Waals surface area contributed by atoms with Gasteiger partial charge in [0.1, 0.15) is 5.75 Å². The number of rotatable bonds is 8. The first kappa shape index (κ1) is 25.6. The maximum Gasteiger partial charge on any atom is 0.197 e. The van der Waals surface area contributed by atoms with Crippen molar-refractivity contribution in [3.05, 3.63) is 76.7 Å². The summed E-state index contributed by atoms with van der Waals surface area (Å²) in [6.07, 6.45) is 6.05. The van der Waals surface area contributed by atoms with Gasteiger partial charge in [0.25, 0.3) is 0 Å². The minimum absolute atomic E-state index is 0. The maximum absolute atomic E-state index is 12.4. The molecule has 1 aliphatic rings. The van der Waals surface area contributed by atoms with E-state index in [-0.39, 0.29) is 35.1 Å². The van der Waals surface area contributed by atoms with Crippen molar-refractivity contribution in [3.8, 4) is 5.75 Å². The first-order valence-corrected chi connectivity index (χ1v) is 12.8. The number of nitrogens with zero attached hydrogens (tertiary/aromatic N) is 2. The van der Waals surface area contributed by atoms with Crippen LogP contribution in [0.4, 0.5) is 0 Å². The van der Waals surface area contributed by atoms with Crippen LogP contribution in [0.1, 0.15) is 35.4 Å². The van der Waals surface area contributed by atoms with E-state index in [0.717, 1.165) is 35.6 Å². The van der Waals surface area contributed by atoms with Gasteiger partial charge >= 0.3 is 0 Å². The molecule has 2 aromatic carbocycles. The van der Waals surface area contributed by atoms with E-state index in [1.807, 2.05) is 30.3 Å². The van der Waals surface area contributed by atoms with Gasteiger partial charge in [-0.05, 0) is 60.6 Å². The van der Waals surface area contributed by atoms with Crippen molar-refractivity contribution < 1.29 is 13.2 Å². The summed E-state index contributed by atoms with van der Waals surface area (Å²) in [4.78, 5) is 3.94. The van der Waals surface area contributed by atoms with Crippen molar-refractivity contribution in [3.63, 3.8) is 0 Å². The van der Waals surface area contributed by atoms with Crippen LogP contribution in [0.3, 0.4) is 0 Å². The van der Waals surface area contributed by atoms with Crippen LogP contribution in [0, 0.1) is 0 Å². The van der Waals surface area contributed by atoms with Gasteiger partial charge < -0.3 is 15.0 Å². The molecule has 1 aliphatic carbocycles. The Hall–Kier alpha value is -2.06. The second-order valence-corrected chi connectivity index (χ2v) is 10.8. The zero-order valence-electron chi connectivity index (χ0n) is 18.5. The number of halogens is 2. The Bertz CT molecular complexity index is 1200. The number of ether oxygens (including phenoxy) is 1. The van der Waals surface area contributed by atoms with Crippen LogP contribution >= 0.6 is 24.0 Å². The number of fused-ring (bicyclic) bond motifs is 1. The summed E-state index contributed by atoms with van der Waals surface area (Å²) in [5, 5.41) is 0.860. The van der Waals surface area contributed by atoms with Gasteiger partial charge in [0.2, 0.25) is 0 Å². The van der Waals surface area contributed by atoms with Crippen LogP contribution in [0.2, 0.25) is 5.02 Å². The van der Waals surface area contributed by atoms with Crippen molar-refractivity contribution >= 4 is 33.8 Å². The molecule has 1 aromatic heterocycles. The van der Waals surface area contributed by atoms with Crippen LogP contribution in [-0.2, 0) is 29.7 Å². The van der Waals surface area contributed by atoms with Gasteiger partial charge in [-0.1, -0.05) is 35.9 Å². The summed E-state index contributed by atoms with van der Waals surface area (Å²) in [6, 6.07) is 14.0. The molecule has 0 fully saturated rings. The molecular formula is C24H29Cl2N3O3S. The van der Waals surface area contributed by atoms with Crippen molar-refractivity contribution in [1.82, 2.24) is 9.55 Å². The number of aryl methyl sites for hydroxylation is 2. The molecule has 4 rings (SSSR count). The predicted molar refractivity (Wildman–Crippen MR) is 133 cm³/mol. The van der Waals surface area contributed by atoms with Gasteiger partial charge in [-0.2, -0.15) is 0 Å². The second kappa shape index (κ2) is 10.9. The number of imidazole rings is 1. The molecule has 33 heavy (non-hydrogen) atoms. The summed E-state index contributed by atoms with van der Waals surface area (Å²) in [5.74, 6) is 0.888. The molecular weight excluding hydrogens is 481 g/mol. The molecule has 0 radical (unpaired) electrons. The van der Waals surface area contributed by atoms with Crippen LogP contribution in [0.25, 0.3) is 0 Å². The Kier molecular flexibility index (Phi) is 8.45. The van der Waals surface area contributed by atoms with Crippen LogP contribution in [0.5, 0.6) is 5.75 Å².